The van der Waals surface area contributed by atoms with Gasteiger partial charge in [-0.05, 0) is 30.9 Å². The van der Waals surface area contributed by atoms with Gasteiger partial charge in [0.05, 0.1) is 5.69 Å². The highest BCUT2D eigenvalue weighted by atomic mass is 32.2. The quantitative estimate of drug-likeness (QED) is 0.774. The Bertz CT molecular complexity index is 537. The summed E-state index contributed by atoms with van der Waals surface area (Å²) in [7, 11) is -3.42. The molecule has 0 unspecified atom stereocenters. The molecular formula is C16H26N2O2S. The molecule has 118 valence electrons. The molecule has 1 aromatic rings. The lowest BCUT2D eigenvalue weighted by Gasteiger charge is -2.14. The van der Waals surface area contributed by atoms with E-state index in [4.69, 9.17) is 0 Å². The number of anilines is 1. The van der Waals surface area contributed by atoms with Crippen molar-refractivity contribution in [3.63, 3.8) is 0 Å². The lowest BCUT2D eigenvalue weighted by atomic mass is 10.0. The molecule has 0 aromatic heterocycles. The van der Waals surface area contributed by atoms with Crippen LogP contribution in [-0.4, -0.2) is 21.5 Å². The average molecular weight is 310 g/mol. The molecule has 0 radical (unpaired) electrons. The first-order valence-corrected chi connectivity index (χ1v) is 9.44. The van der Waals surface area contributed by atoms with Crippen LogP contribution in [0.25, 0.3) is 0 Å². The minimum Gasteiger partial charge on any atom is -0.384 e. The van der Waals surface area contributed by atoms with Gasteiger partial charge in [0.2, 0.25) is 10.0 Å². The fourth-order valence-electron chi connectivity index (χ4n) is 2.87. The molecular weight excluding hydrogens is 284 g/mol. The van der Waals surface area contributed by atoms with Crippen LogP contribution in [0.1, 0.15) is 45.4 Å². The largest absolute Gasteiger partial charge is 0.384 e. The van der Waals surface area contributed by atoms with E-state index in [1.54, 1.807) is 12.1 Å². The molecule has 0 bridgehead atoms. The Morgan fingerprint density at radius 3 is 2.57 bits per heavy atom. The topological polar surface area (TPSA) is 58.2 Å². The van der Waals surface area contributed by atoms with Gasteiger partial charge in [-0.2, -0.15) is 0 Å². The third-order valence-electron chi connectivity index (χ3n) is 4.06. The predicted octanol–water partition coefficient (Wildman–Crippen LogP) is 3.37. The normalized spacial score (nSPS) is 16.2. The minimum absolute atomic E-state index is 0.352. The Hall–Kier alpha value is -1.07. The Morgan fingerprint density at radius 2 is 1.86 bits per heavy atom. The van der Waals surface area contributed by atoms with Gasteiger partial charge >= 0.3 is 0 Å². The molecule has 2 rings (SSSR count). The summed E-state index contributed by atoms with van der Waals surface area (Å²) in [6.45, 7) is 3.26. The summed E-state index contributed by atoms with van der Waals surface area (Å²) in [6.07, 6.45) is 7.24. The van der Waals surface area contributed by atoms with Gasteiger partial charge in [0.15, 0.2) is 0 Å². The summed E-state index contributed by atoms with van der Waals surface area (Å²) in [5, 5.41) is 3.30. The highest BCUT2D eigenvalue weighted by molar-refractivity contribution is 7.89. The van der Waals surface area contributed by atoms with Crippen LogP contribution in [0.4, 0.5) is 5.69 Å². The van der Waals surface area contributed by atoms with E-state index in [0.29, 0.717) is 17.1 Å². The highest BCUT2D eigenvalue weighted by Gasteiger charge is 2.18. The Kier molecular flexibility index (Phi) is 6.06. The second-order valence-corrected chi connectivity index (χ2v) is 7.50. The summed E-state index contributed by atoms with van der Waals surface area (Å²) >= 11 is 0. The van der Waals surface area contributed by atoms with Crippen molar-refractivity contribution in [3.8, 4) is 0 Å². The summed E-state index contributed by atoms with van der Waals surface area (Å²) in [6, 6.07) is 7.14. The van der Waals surface area contributed by atoms with E-state index in [2.05, 4.69) is 10.0 Å². The molecule has 0 heterocycles. The number of benzene rings is 1. The lowest BCUT2D eigenvalue weighted by molar-refractivity contribution is 0.518. The van der Waals surface area contributed by atoms with Gasteiger partial charge in [-0.25, -0.2) is 13.1 Å². The molecule has 0 atom stereocenters. The summed E-state index contributed by atoms with van der Waals surface area (Å²) in [5.74, 6) is 0.805. The van der Waals surface area contributed by atoms with Gasteiger partial charge in [-0.15, -0.1) is 0 Å². The van der Waals surface area contributed by atoms with E-state index in [0.717, 1.165) is 25.3 Å². The molecule has 0 spiro atoms. The molecule has 1 fully saturated rings. The van der Waals surface area contributed by atoms with Crippen LogP contribution in [-0.2, 0) is 10.0 Å². The first kappa shape index (κ1) is 16.3. The first-order chi connectivity index (χ1) is 10.1. The molecule has 1 aromatic carbocycles. The maximum absolute atomic E-state index is 12.3. The van der Waals surface area contributed by atoms with Crippen molar-refractivity contribution in [2.45, 2.75) is 50.3 Å². The van der Waals surface area contributed by atoms with Crippen LogP contribution in [0.5, 0.6) is 0 Å². The molecule has 21 heavy (non-hydrogen) atoms. The zero-order chi connectivity index (χ0) is 15.1. The van der Waals surface area contributed by atoms with Gasteiger partial charge in [0.25, 0.3) is 0 Å². The highest BCUT2D eigenvalue weighted by Crippen LogP contribution is 2.28. The number of hydrogen-bond donors (Lipinski definition) is 2. The van der Waals surface area contributed by atoms with Crippen LogP contribution in [0.3, 0.4) is 0 Å². The first-order valence-electron chi connectivity index (χ1n) is 7.96. The number of hydrogen-bond acceptors (Lipinski definition) is 3. The second-order valence-electron chi connectivity index (χ2n) is 5.76. The zero-order valence-electron chi connectivity index (χ0n) is 12.8. The Balaban J connectivity index is 1.99. The molecule has 4 nitrogen and oxygen atoms in total. The maximum Gasteiger partial charge on any atom is 0.242 e. The van der Waals surface area contributed by atoms with Crippen molar-refractivity contribution in [1.29, 1.82) is 0 Å². The van der Waals surface area contributed by atoms with Gasteiger partial charge in [0, 0.05) is 13.1 Å². The minimum atomic E-state index is -3.42. The van der Waals surface area contributed by atoms with Crippen LogP contribution in [0.15, 0.2) is 29.2 Å². The average Bonchev–Trinajstić information content (AvgIpc) is 2.99. The predicted molar refractivity (Wildman–Crippen MR) is 87.0 cm³/mol. The fraction of sp³-hybridized carbons (Fsp3) is 0.625. The second kappa shape index (κ2) is 7.80. The number of sulfonamides is 1. The maximum atomic E-state index is 12.3. The van der Waals surface area contributed by atoms with Crippen molar-refractivity contribution in [3.05, 3.63) is 24.3 Å². The zero-order valence-corrected chi connectivity index (χ0v) is 13.6. The summed E-state index contributed by atoms with van der Waals surface area (Å²) < 4.78 is 27.2. The van der Waals surface area contributed by atoms with Gasteiger partial charge in [-0.1, -0.05) is 44.7 Å². The van der Waals surface area contributed by atoms with Crippen molar-refractivity contribution in [2.24, 2.45) is 5.92 Å². The monoisotopic (exact) mass is 310 g/mol. The van der Waals surface area contributed by atoms with Gasteiger partial charge < -0.3 is 5.32 Å². The van der Waals surface area contributed by atoms with Gasteiger partial charge in [-0.3, -0.25) is 0 Å². The third kappa shape index (κ3) is 4.71. The molecule has 0 amide bonds. The van der Waals surface area contributed by atoms with Crippen molar-refractivity contribution >= 4 is 15.7 Å². The molecule has 1 aliphatic carbocycles. The molecule has 5 heteroatoms. The van der Waals surface area contributed by atoms with Crippen molar-refractivity contribution in [2.75, 3.05) is 18.4 Å². The summed E-state index contributed by atoms with van der Waals surface area (Å²) in [5.41, 5.74) is 0.708. The Morgan fingerprint density at radius 1 is 1.14 bits per heavy atom. The number of nitrogens with one attached hydrogen (secondary N) is 2. The van der Waals surface area contributed by atoms with E-state index < -0.39 is 10.0 Å². The van der Waals surface area contributed by atoms with E-state index in [1.165, 1.54) is 25.7 Å². The van der Waals surface area contributed by atoms with Crippen LogP contribution < -0.4 is 10.0 Å². The SMILES string of the molecule is CCCNS(=O)(=O)c1ccccc1NCCC1CCCC1. The fourth-order valence-corrected chi connectivity index (χ4v) is 4.19. The van der Waals surface area contributed by atoms with E-state index in [9.17, 15) is 8.42 Å². The third-order valence-corrected chi connectivity index (χ3v) is 5.58. The summed E-state index contributed by atoms with van der Waals surface area (Å²) in [4.78, 5) is 0.352. The smallest absolute Gasteiger partial charge is 0.242 e. The van der Waals surface area contributed by atoms with Gasteiger partial charge in [0.1, 0.15) is 4.90 Å². The molecule has 1 saturated carbocycles. The van der Waals surface area contributed by atoms with Crippen LogP contribution in [0, 0.1) is 5.92 Å². The van der Waals surface area contributed by atoms with Crippen LogP contribution >= 0.6 is 0 Å². The number of rotatable bonds is 8. The lowest BCUT2D eigenvalue weighted by Crippen LogP contribution is -2.25. The number of para-hydroxylation sites is 1. The standard InChI is InChI=1S/C16H26N2O2S/c1-2-12-18-21(19,20)16-10-6-5-9-15(16)17-13-11-14-7-3-4-8-14/h5-6,9-10,14,17-18H,2-4,7-8,11-13H2,1H3. The molecule has 0 aliphatic heterocycles. The van der Waals surface area contributed by atoms with Crippen molar-refractivity contribution in [1.82, 2.24) is 4.72 Å². The van der Waals surface area contributed by atoms with E-state index in [-0.39, 0.29) is 0 Å². The molecule has 1 aliphatic rings. The van der Waals surface area contributed by atoms with Crippen molar-refractivity contribution < 1.29 is 8.42 Å². The molecule has 2 N–H and O–H groups in total. The molecule has 0 saturated heterocycles. The van der Waals surface area contributed by atoms with E-state index in [1.807, 2.05) is 19.1 Å². The van der Waals surface area contributed by atoms with Crippen LogP contribution in [0.2, 0.25) is 0 Å². The van der Waals surface area contributed by atoms with E-state index >= 15 is 0 Å². The Labute approximate surface area is 128 Å².